The highest BCUT2D eigenvalue weighted by atomic mass is 32.1. The van der Waals surface area contributed by atoms with Gasteiger partial charge < -0.3 is 15.2 Å². The largest absolute Gasteiger partial charge is 0.513 e. The molecule has 0 saturated heterocycles. The number of carbonyl (C=O) groups is 1. The van der Waals surface area contributed by atoms with Crippen LogP contribution in [0.15, 0.2) is 5.38 Å². The van der Waals surface area contributed by atoms with Crippen LogP contribution in [-0.2, 0) is 11.2 Å². The lowest BCUT2D eigenvalue weighted by Gasteiger charge is -2.01. The molecular formula is C9H13NO3S. The number of nitrogens with two attached hydrogens (primary N) is 1. The number of aryl methyl sites for hydroxylation is 1. The van der Waals surface area contributed by atoms with Crippen molar-refractivity contribution in [2.75, 3.05) is 12.8 Å². The zero-order chi connectivity index (χ0) is 10.6. The van der Waals surface area contributed by atoms with Gasteiger partial charge in [0.15, 0.2) is 5.75 Å². The first-order chi connectivity index (χ1) is 6.69. The maximum Gasteiger partial charge on any atom is 0.513 e. The van der Waals surface area contributed by atoms with Crippen LogP contribution in [0.2, 0.25) is 0 Å². The Hall–Kier alpha value is -1.23. The quantitative estimate of drug-likeness (QED) is 0.786. The smallest absolute Gasteiger partial charge is 0.437 e. The number of hydrogen-bond acceptors (Lipinski definition) is 5. The molecule has 1 heterocycles. The van der Waals surface area contributed by atoms with E-state index in [4.69, 9.17) is 10.5 Å². The van der Waals surface area contributed by atoms with Crippen molar-refractivity contribution in [1.29, 1.82) is 0 Å². The number of methoxy groups -OCH3 is 1. The SMILES string of the molecule is CCCc1scc(OC(=O)OC)c1N. The van der Waals surface area contributed by atoms with Gasteiger partial charge in [-0.25, -0.2) is 4.79 Å². The van der Waals surface area contributed by atoms with Crippen LogP contribution in [0.4, 0.5) is 10.5 Å². The molecule has 0 spiro atoms. The number of hydrogen-bond donors (Lipinski definition) is 1. The van der Waals surface area contributed by atoms with Crippen molar-refractivity contribution in [1.82, 2.24) is 0 Å². The van der Waals surface area contributed by atoms with Gasteiger partial charge in [0, 0.05) is 10.3 Å². The first-order valence-electron chi connectivity index (χ1n) is 4.30. The summed E-state index contributed by atoms with van der Waals surface area (Å²) in [6.45, 7) is 2.07. The molecule has 4 nitrogen and oxygen atoms in total. The monoisotopic (exact) mass is 215 g/mol. The van der Waals surface area contributed by atoms with Gasteiger partial charge in [-0.2, -0.15) is 0 Å². The summed E-state index contributed by atoms with van der Waals surface area (Å²) in [4.78, 5) is 11.9. The third-order valence-corrected chi connectivity index (χ3v) is 2.75. The zero-order valence-corrected chi connectivity index (χ0v) is 9.02. The number of nitrogen functional groups attached to an aromatic ring is 1. The standard InChI is InChI=1S/C9H13NO3S/c1-3-4-7-8(10)6(5-14-7)13-9(11)12-2/h5H,3-4,10H2,1-2H3. The van der Waals surface area contributed by atoms with Crippen LogP contribution in [0.25, 0.3) is 0 Å². The average Bonchev–Trinajstić information content (AvgIpc) is 2.50. The Morgan fingerprint density at radius 2 is 2.36 bits per heavy atom. The number of carbonyl (C=O) groups excluding carboxylic acids is 1. The Morgan fingerprint density at radius 3 is 2.93 bits per heavy atom. The van der Waals surface area contributed by atoms with E-state index in [9.17, 15) is 4.79 Å². The van der Waals surface area contributed by atoms with Gasteiger partial charge in [-0.3, -0.25) is 0 Å². The van der Waals surface area contributed by atoms with Crippen molar-refractivity contribution in [3.63, 3.8) is 0 Å². The lowest BCUT2D eigenvalue weighted by molar-refractivity contribution is 0.122. The highest BCUT2D eigenvalue weighted by Gasteiger charge is 2.12. The molecule has 1 aromatic heterocycles. The Kier molecular flexibility index (Phi) is 3.76. The van der Waals surface area contributed by atoms with Crippen molar-refractivity contribution in [3.8, 4) is 5.75 Å². The summed E-state index contributed by atoms with van der Waals surface area (Å²) in [5.41, 5.74) is 6.31. The van der Waals surface area contributed by atoms with Crippen LogP contribution < -0.4 is 10.5 Å². The molecule has 0 bridgehead atoms. The fraction of sp³-hybridized carbons (Fsp3) is 0.444. The first-order valence-corrected chi connectivity index (χ1v) is 5.18. The Bertz CT molecular complexity index is 322. The molecule has 14 heavy (non-hydrogen) atoms. The molecule has 0 amide bonds. The number of rotatable bonds is 3. The molecule has 0 fully saturated rings. The zero-order valence-electron chi connectivity index (χ0n) is 8.20. The fourth-order valence-electron chi connectivity index (χ4n) is 1.02. The van der Waals surface area contributed by atoms with Gasteiger partial charge >= 0.3 is 6.16 Å². The molecule has 2 N–H and O–H groups in total. The predicted octanol–water partition coefficient (Wildman–Crippen LogP) is 2.43. The summed E-state index contributed by atoms with van der Waals surface area (Å²) in [7, 11) is 1.26. The van der Waals surface area contributed by atoms with Gasteiger partial charge in [-0.1, -0.05) is 13.3 Å². The fourth-order valence-corrected chi connectivity index (χ4v) is 1.99. The Labute approximate surface area is 86.6 Å². The van der Waals surface area contributed by atoms with Gasteiger partial charge in [-0.15, -0.1) is 11.3 Å². The molecule has 0 aliphatic carbocycles. The third-order valence-electron chi connectivity index (χ3n) is 1.71. The van der Waals surface area contributed by atoms with Gasteiger partial charge in [0.1, 0.15) is 0 Å². The van der Waals surface area contributed by atoms with Crippen molar-refractivity contribution >= 4 is 23.2 Å². The highest BCUT2D eigenvalue weighted by molar-refractivity contribution is 7.10. The number of ether oxygens (including phenoxy) is 2. The van der Waals surface area contributed by atoms with E-state index in [1.165, 1.54) is 18.4 Å². The Balaban J connectivity index is 2.74. The van der Waals surface area contributed by atoms with Gasteiger partial charge in [0.25, 0.3) is 0 Å². The topological polar surface area (TPSA) is 61.5 Å². The average molecular weight is 215 g/mol. The van der Waals surface area contributed by atoms with Crippen LogP contribution >= 0.6 is 11.3 Å². The van der Waals surface area contributed by atoms with Crippen LogP contribution in [0, 0.1) is 0 Å². The molecule has 0 unspecified atom stereocenters. The van der Waals surface area contributed by atoms with Crippen molar-refractivity contribution in [3.05, 3.63) is 10.3 Å². The van der Waals surface area contributed by atoms with E-state index in [0.29, 0.717) is 11.4 Å². The Morgan fingerprint density at radius 1 is 1.64 bits per heavy atom. The molecule has 1 rings (SSSR count). The molecule has 0 radical (unpaired) electrons. The van der Waals surface area contributed by atoms with E-state index in [-0.39, 0.29) is 0 Å². The van der Waals surface area contributed by atoms with Gasteiger partial charge in [0.2, 0.25) is 0 Å². The summed E-state index contributed by atoms with van der Waals surface area (Å²) in [6.07, 6.45) is 1.18. The second kappa shape index (κ2) is 4.85. The molecule has 0 aromatic carbocycles. The van der Waals surface area contributed by atoms with Crippen molar-refractivity contribution in [2.24, 2.45) is 0 Å². The molecule has 0 saturated carbocycles. The molecule has 1 aromatic rings. The molecular weight excluding hydrogens is 202 g/mol. The predicted molar refractivity (Wildman–Crippen MR) is 55.8 cm³/mol. The van der Waals surface area contributed by atoms with Gasteiger partial charge in [-0.05, 0) is 6.42 Å². The summed E-state index contributed by atoms with van der Waals surface area (Å²) < 4.78 is 9.21. The normalized spacial score (nSPS) is 9.86. The molecule has 5 heteroatoms. The first kappa shape index (κ1) is 10.8. The minimum atomic E-state index is -0.738. The second-order valence-corrected chi connectivity index (χ2v) is 3.71. The molecule has 0 aliphatic rings. The maximum atomic E-state index is 10.8. The summed E-state index contributed by atoms with van der Waals surface area (Å²) in [5, 5.41) is 1.72. The minimum Gasteiger partial charge on any atom is -0.437 e. The summed E-state index contributed by atoms with van der Waals surface area (Å²) in [5.74, 6) is 0.394. The third kappa shape index (κ3) is 2.38. The molecule has 0 aliphatic heterocycles. The second-order valence-electron chi connectivity index (χ2n) is 2.74. The van der Waals surface area contributed by atoms with E-state index < -0.39 is 6.16 Å². The minimum absolute atomic E-state index is 0.394. The van der Waals surface area contributed by atoms with Crippen LogP contribution in [0.1, 0.15) is 18.2 Å². The number of anilines is 1. The summed E-state index contributed by atoms with van der Waals surface area (Å²) in [6, 6.07) is 0. The molecule has 78 valence electrons. The van der Waals surface area contributed by atoms with Crippen LogP contribution in [0.5, 0.6) is 5.75 Å². The lowest BCUT2D eigenvalue weighted by Crippen LogP contribution is -2.08. The van der Waals surface area contributed by atoms with Crippen molar-refractivity contribution in [2.45, 2.75) is 19.8 Å². The van der Waals surface area contributed by atoms with E-state index >= 15 is 0 Å². The van der Waals surface area contributed by atoms with Gasteiger partial charge in [0.05, 0.1) is 12.8 Å². The summed E-state index contributed by atoms with van der Waals surface area (Å²) >= 11 is 1.50. The van der Waals surface area contributed by atoms with Crippen molar-refractivity contribution < 1.29 is 14.3 Å². The van der Waals surface area contributed by atoms with E-state index in [0.717, 1.165) is 17.7 Å². The van der Waals surface area contributed by atoms with Crippen LogP contribution in [0.3, 0.4) is 0 Å². The maximum absolute atomic E-state index is 10.8. The van der Waals surface area contributed by atoms with E-state index in [1.54, 1.807) is 5.38 Å². The van der Waals surface area contributed by atoms with E-state index in [2.05, 4.69) is 11.7 Å². The van der Waals surface area contributed by atoms with Crippen LogP contribution in [-0.4, -0.2) is 13.3 Å². The lowest BCUT2D eigenvalue weighted by atomic mass is 10.2. The highest BCUT2D eigenvalue weighted by Crippen LogP contribution is 2.33. The molecule has 0 atom stereocenters. The number of thiophene rings is 1. The van der Waals surface area contributed by atoms with E-state index in [1.807, 2.05) is 0 Å².